The van der Waals surface area contributed by atoms with E-state index in [0.717, 1.165) is 41.7 Å². The van der Waals surface area contributed by atoms with Crippen LogP contribution in [0.2, 0.25) is 0 Å². The first kappa shape index (κ1) is 13.2. The van der Waals surface area contributed by atoms with Gasteiger partial charge in [-0.3, -0.25) is 0 Å². The first-order chi connectivity index (χ1) is 9.86. The standard InChI is InChI=1S/C14H16N4OS/c1-19-14-5-2-11(10-15-14)12-3-4-13(17-16-12)18-6-8-20-9-7-18/h2-5,10H,6-9H2,1H3. The summed E-state index contributed by atoms with van der Waals surface area (Å²) in [4.78, 5) is 6.46. The third-order valence-corrected chi connectivity index (χ3v) is 4.17. The van der Waals surface area contributed by atoms with E-state index in [9.17, 15) is 0 Å². The van der Waals surface area contributed by atoms with Crippen molar-refractivity contribution >= 4 is 17.6 Å². The maximum atomic E-state index is 5.05. The van der Waals surface area contributed by atoms with E-state index in [1.54, 1.807) is 13.3 Å². The van der Waals surface area contributed by atoms with Crippen LogP contribution in [0.3, 0.4) is 0 Å². The second-order valence-electron chi connectivity index (χ2n) is 4.47. The summed E-state index contributed by atoms with van der Waals surface area (Å²) in [6.45, 7) is 2.09. The quantitative estimate of drug-likeness (QED) is 0.862. The van der Waals surface area contributed by atoms with E-state index >= 15 is 0 Å². The number of anilines is 1. The molecule has 1 aliphatic rings. The van der Waals surface area contributed by atoms with Gasteiger partial charge in [0.1, 0.15) is 0 Å². The number of hydrogen-bond donors (Lipinski definition) is 0. The molecule has 2 aromatic rings. The maximum absolute atomic E-state index is 5.05. The number of nitrogens with zero attached hydrogens (tertiary/aromatic N) is 4. The van der Waals surface area contributed by atoms with Crippen LogP contribution in [0, 0.1) is 0 Å². The lowest BCUT2D eigenvalue weighted by Gasteiger charge is -2.26. The summed E-state index contributed by atoms with van der Waals surface area (Å²) in [7, 11) is 1.60. The van der Waals surface area contributed by atoms with Crippen LogP contribution in [-0.4, -0.2) is 46.9 Å². The fourth-order valence-corrected chi connectivity index (χ4v) is 3.00. The Hall–Kier alpha value is -1.82. The van der Waals surface area contributed by atoms with Crippen LogP contribution in [-0.2, 0) is 0 Å². The second-order valence-corrected chi connectivity index (χ2v) is 5.69. The van der Waals surface area contributed by atoms with E-state index in [0.29, 0.717) is 5.88 Å². The Morgan fingerprint density at radius 3 is 2.55 bits per heavy atom. The molecular formula is C14H16N4OS. The van der Waals surface area contributed by atoms with Gasteiger partial charge >= 0.3 is 0 Å². The van der Waals surface area contributed by atoms with Gasteiger partial charge in [0.15, 0.2) is 5.82 Å². The zero-order valence-electron chi connectivity index (χ0n) is 11.3. The third-order valence-electron chi connectivity index (χ3n) is 3.23. The van der Waals surface area contributed by atoms with Gasteiger partial charge in [0.05, 0.1) is 12.8 Å². The monoisotopic (exact) mass is 288 g/mol. The molecule has 1 aliphatic heterocycles. The number of rotatable bonds is 3. The Morgan fingerprint density at radius 2 is 1.95 bits per heavy atom. The molecule has 0 radical (unpaired) electrons. The summed E-state index contributed by atoms with van der Waals surface area (Å²) in [6.07, 6.45) is 1.75. The Labute approximate surface area is 122 Å². The van der Waals surface area contributed by atoms with Crippen LogP contribution < -0.4 is 9.64 Å². The van der Waals surface area contributed by atoms with Crippen LogP contribution >= 0.6 is 11.8 Å². The van der Waals surface area contributed by atoms with E-state index in [1.807, 2.05) is 36.0 Å². The highest BCUT2D eigenvalue weighted by Crippen LogP contribution is 2.21. The second kappa shape index (κ2) is 6.09. The molecule has 1 saturated heterocycles. The molecule has 0 aliphatic carbocycles. The van der Waals surface area contributed by atoms with Crippen LogP contribution in [0.15, 0.2) is 30.5 Å². The van der Waals surface area contributed by atoms with Crippen molar-refractivity contribution in [2.45, 2.75) is 0 Å². The smallest absolute Gasteiger partial charge is 0.212 e. The van der Waals surface area contributed by atoms with Gasteiger partial charge in [0.2, 0.25) is 5.88 Å². The zero-order valence-corrected chi connectivity index (χ0v) is 12.1. The van der Waals surface area contributed by atoms with Crippen LogP contribution in [0.25, 0.3) is 11.3 Å². The minimum Gasteiger partial charge on any atom is -0.481 e. The van der Waals surface area contributed by atoms with Gasteiger partial charge in [-0.25, -0.2) is 4.98 Å². The van der Waals surface area contributed by atoms with E-state index in [2.05, 4.69) is 20.1 Å². The Kier molecular flexibility index (Phi) is 4.01. The van der Waals surface area contributed by atoms with Gasteiger partial charge in [-0.05, 0) is 18.2 Å². The topological polar surface area (TPSA) is 51.1 Å². The summed E-state index contributed by atoms with van der Waals surface area (Å²) < 4.78 is 5.05. The van der Waals surface area contributed by atoms with Crippen LogP contribution in [0.4, 0.5) is 5.82 Å². The molecule has 0 spiro atoms. The Balaban J connectivity index is 1.77. The summed E-state index contributed by atoms with van der Waals surface area (Å²) in [5, 5.41) is 8.63. The molecule has 6 heteroatoms. The molecule has 5 nitrogen and oxygen atoms in total. The number of aromatic nitrogens is 3. The van der Waals surface area contributed by atoms with E-state index in [1.165, 1.54) is 0 Å². The molecule has 1 fully saturated rings. The SMILES string of the molecule is COc1ccc(-c2ccc(N3CCSCC3)nn2)cn1. The number of thioether (sulfide) groups is 1. The fourth-order valence-electron chi connectivity index (χ4n) is 2.09. The van der Waals surface area contributed by atoms with Gasteiger partial charge in [0, 0.05) is 42.4 Å². The normalized spacial score (nSPS) is 15.2. The highest BCUT2D eigenvalue weighted by atomic mass is 32.2. The number of hydrogen-bond acceptors (Lipinski definition) is 6. The van der Waals surface area contributed by atoms with E-state index in [4.69, 9.17) is 4.74 Å². The van der Waals surface area contributed by atoms with Crippen molar-refractivity contribution in [1.82, 2.24) is 15.2 Å². The van der Waals surface area contributed by atoms with Crippen molar-refractivity contribution in [3.05, 3.63) is 30.5 Å². The zero-order chi connectivity index (χ0) is 13.8. The molecule has 0 saturated carbocycles. The molecular weight excluding hydrogens is 272 g/mol. The molecule has 104 valence electrons. The highest BCUT2D eigenvalue weighted by Gasteiger charge is 2.13. The lowest BCUT2D eigenvalue weighted by Crippen LogP contribution is -2.33. The van der Waals surface area contributed by atoms with Gasteiger partial charge in [-0.15, -0.1) is 10.2 Å². The predicted octanol–water partition coefficient (Wildman–Crippen LogP) is 2.10. The molecule has 0 unspecified atom stereocenters. The third kappa shape index (κ3) is 2.85. The highest BCUT2D eigenvalue weighted by molar-refractivity contribution is 7.99. The van der Waals surface area contributed by atoms with Crippen molar-refractivity contribution in [2.75, 3.05) is 36.6 Å². The Morgan fingerprint density at radius 1 is 1.10 bits per heavy atom. The molecule has 0 bridgehead atoms. The van der Waals surface area contributed by atoms with Gasteiger partial charge in [-0.1, -0.05) is 0 Å². The molecule has 20 heavy (non-hydrogen) atoms. The molecule has 0 atom stereocenters. The molecule has 0 amide bonds. The van der Waals surface area contributed by atoms with Crippen LogP contribution in [0.1, 0.15) is 0 Å². The lowest BCUT2D eigenvalue weighted by atomic mass is 10.2. The van der Waals surface area contributed by atoms with E-state index < -0.39 is 0 Å². The summed E-state index contributed by atoms with van der Waals surface area (Å²) in [6, 6.07) is 7.79. The minimum atomic E-state index is 0.601. The summed E-state index contributed by atoms with van der Waals surface area (Å²) in [5.41, 5.74) is 1.77. The predicted molar refractivity (Wildman–Crippen MR) is 81.4 cm³/mol. The Bertz CT molecular complexity index is 552. The molecule has 2 aromatic heterocycles. The molecule has 0 N–H and O–H groups in total. The van der Waals surface area contributed by atoms with Crippen LogP contribution in [0.5, 0.6) is 5.88 Å². The van der Waals surface area contributed by atoms with Crippen molar-refractivity contribution in [3.63, 3.8) is 0 Å². The lowest BCUT2D eigenvalue weighted by molar-refractivity contribution is 0.398. The van der Waals surface area contributed by atoms with E-state index in [-0.39, 0.29) is 0 Å². The van der Waals surface area contributed by atoms with Crippen molar-refractivity contribution in [2.24, 2.45) is 0 Å². The average Bonchev–Trinajstić information content (AvgIpc) is 2.56. The fraction of sp³-hybridized carbons (Fsp3) is 0.357. The first-order valence-electron chi connectivity index (χ1n) is 6.53. The van der Waals surface area contributed by atoms with Gasteiger partial charge in [0.25, 0.3) is 0 Å². The average molecular weight is 288 g/mol. The number of methoxy groups -OCH3 is 1. The van der Waals surface area contributed by atoms with Crippen molar-refractivity contribution < 1.29 is 4.74 Å². The van der Waals surface area contributed by atoms with Gasteiger partial charge in [-0.2, -0.15) is 11.8 Å². The molecule has 0 aromatic carbocycles. The minimum absolute atomic E-state index is 0.601. The number of ether oxygens (including phenoxy) is 1. The molecule has 3 rings (SSSR count). The largest absolute Gasteiger partial charge is 0.481 e. The van der Waals surface area contributed by atoms with Gasteiger partial charge < -0.3 is 9.64 Å². The first-order valence-corrected chi connectivity index (χ1v) is 7.69. The molecule has 3 heterocycles. The maximum Gasteiger partial charge on any atom is 0.212 e. The van der Waals surface area contributed by atoms with Crippen molar-refractivity contribution in [1.29, 1.82) is 0 Å². The van der Waals surface area contributed by atoms with Crippen molar-refractivity contribution in [3.8, 4) is 17.1 Å². The number of pyridine rings is 1. The summed E-state index contributed by atoms with van der Waals surface area (Å²) in [5.74, 6) is 3.87. The summed E-state index contributed by atoms with van der Waals surface area (Å²) >= 11 is 1.99.